The van der Waals surface area contributed by atoms with E-state index in [0.29, 0.717) is 23.3 Å². The molecule has 0 aliphatic heterocycles. The van der Waals surface area contributed by atoms with Crippen LogP contribution < -0.4 is 0 Å². The molecule has 0 atom stereocenters. The van der Waals surface area contributed by atoms with Gasteiger partial charge in [-0.3, -0.25) is 4.40 Å². The van der Waals surface area contributed by atoms with Gasteiger partial charge in [-0.1, -0.05) is 11.8 Å². The van der Waals surface area contributed by atoms with Crippen LogP contribution in [0.5, 0.6) is 0 Å². The Bertz CT molecular complexity index is 1060. The van der Waals surface area contributed by atoms with Gasteiger partial charge in [-0.15, -0.1) is 20.4 Å². The van der Waals surface area contributed by atoms with Crippen LogP contribution in [0.25, 0.3) is 17.2 Å². The van der Waals surface area contributed by atoms with Crippen molar-refractivity contribution < 1.29 is 8.83 Å². The third-order valence-electron chi connectivity index (χ3n) is 3.73. The first-order valence-corrected chi connectivity index (χ1v) is 8.72. The van der Waals surface area contributed by atoms with Crippen LogP contribution in [-0.4, -0.2) is 29.8 Å². The number of aromatic nitrogens is 6. The zero-order valence-electron chi connectivity index (χ0n) is 14.3. The summed E-state index contributed by atoms with van der Waals surface area (Å²) in [6.45, 7) is 7.71. The van der Waals surface area contributed by atoms with E-state index >= 15 is 0 Å². The van der Waals surface area contributed by atoms with Crippen molar-refractivity contribution >= 4 is 17.5 Å². The molecule has 0 N–H and O–H groups in total. The van der Waals surface area contributed by atoms with E-state index in [1.807, 2.05) is 44.2 Å². The normalized spacial score (nSPS) is 11.5. The molecule has 0 aliphatic carbocycles. The van der Waals surface area contributed by atoms with Crippen molar-refractivity contribution in [3.63, 3.8) is 0 Å². The summed E-state index contributed by atoms with van der Waals surface area (Å²) in [5, 5.41) is 17.3. The second kappa shape index (κ2) is 5.99. The van der Waals surface area contributed by atoms with Crippen LogP contribution in [0.2, 0.25) is 0 Å². The van der Waals surface area contributed by atoms with Gasteiger partial charge >= 0.3 is 0 Å². The van der Waals surface area contributed by atoms with E-state index in [9.17, 15) is 0 Å². The van der Waals surface area contributed by atoms with Crippen molar-refractivity contribution in [1.29, 1.82) is 0 Å². The molecule has 0 saturated heterocycles. The van der Waals surface area contributed by atoms with Crippen LogP contribution in [0.4, 0.5) is 0 Å². The Balaban J connectivity index is 1.56. The number of aryl methyl sites for hydroxylation is 4. The van der Waals surface area contributed by atoms with Gasteiger partial charge < -0.3 is 8.83 Å². The fraction of sp³-hybridized carbons (Fsp3) is 0.312. The summed E-state index contributed by atoms with van der Waals surface area (Å²) in [5.74, 6) is 3.65. The van der Waals surface area contributed by atoms with Gasteiger partial charge in [-0.2, -0.15) is 0 Å². The topological polar surface area (TPSA) is 95.1 Å². The molecule has 4 aromatic rings. The Kier molecular flexibility index (Phi) is 3.79. The van der Waals surface area contributed by atoms with Crippen molar-refractivity contribution in [1.82, 2.24) is 29.8 Å². The summed E-state index contributed by atoms with van der Waals surface area (Å²) in [6, 6.07) is 3.89. The second-order valence-corrected chi connectivity index (χ2v) is 6.72. The summed E-state index contributed by atoms with van der Waals surface area (Å²) in [6.07, 6.45) is 0. The van der Waals surface area contributed by atoms with Crippen molar-refractivity contribution in [2.24, 2.45) is 0 Å². The highest BCUT2D eigenvalue weighted by Gasteiger charge is 2.16. The molecule has 0 bridgehead atoms. The smallest absolute Gasteiger partial charge is 0.256 e. The molecule has 25 heavy (non-hydrogen) atoms. The number of hydrogen-bond donors (Lipinski definition) is 0. The first-order valence-electron chi connectivity index (χ1n) is 7.73. The highest BCUT2D eigenvalue weighted by Crippen LogP contribution is 2.27. The molecule has 0 saturated carbocycles. The summed E-state index contributed by atoms with van der Waals surface area (Å²) in [5.41, 5.74) is 2.77. The molecular weight excluding hydrogens is 340 g/mol. The Morgan fingerprint density at radius 3 is 2.60 bits per heavy atom. The van der Waals surface area contributed by atoms with Gasteiger partial charge in [0.15, 0.2) is 5.16 Å². The van der Waals surface area contributed by atoms with Crippen molar-refractivity contribution in [3.8, 4) is 11.5 Å². The van der Waals surface area contributed by atoms with Crippen LogP contribution >= 0.6 is 11.8 Å². The average Bonchev–Trinajstić information content (AvgIpc) is 3.23. The molecule has 0 aliphatic rings. The average molecular weight is 356 g/mol. The first-order chi connectivity index (χ1) is 12.0. The molecule has 4 heterocycles. The fourth-order valence-corrected chi connectivity index (χ4v) is 3.51. The summed E-state index contributed by atoms with van der Waals surface area (Å²) >= 11 is 1.48. The van der Waals surface area contributed by atoms with E-state index in [1.165, 1.54) is 11.8 Å². The van der Waals surface area contributed by atoms with E-state index in [1.54, 1.807) is 0 Å². The number of thioether (sulfide) groups is 1. The molecule has 128 valence electrons. The Hall–Kier alpha value is -2.68. The standard InChI is InChI=1S/C16H16N6O2S/c1-8-5-9(2)22-15(17-8)20-21-16(22)25-7-13-18-19-14(24-13)12-6-10(3)23-11(12)4/h5-6H,7H2,1-4H3. The zero-order valence-corrected chi connectivity index (χ0v) is 15.1. The van der Waals surface area contributed by atoms with Gasteiger partial charge in [-0.25, -0.2) is 4.98 Å². The van der Waals surface area contributed by atoms with E-state index in [-0.39, 0.29) is 0 Å². The van der Waals surface area contributed by atoms with Gasteiger partial charge in [0.2, 0.25) is 5.89 Å². The highest BCUT2D eigenvalue weighted by molar-refractivity contribution is 7.98. The van der Waals surface area contributed by atoms with Crippen LogP contribution in [0, 0.1) is 27.7 Å². The van der Waals surface area contributed by atoms with Crippen LogP contribution in [0.15, 0.2) is 26.1 Å². The molecule has 0 spiro atoms. The molecule has 0 fully saturated rings. The van der Waals surface area contributed by atoms with Crippen molar-refractivity contribution in [2.45, 2.75) is 38.6 Å². The van der Waals surface area contributed by atoms with E-state index in [2.05, 4.69) is 25.4 Å². The van der Waals surface area contributed by atoms with E-state index in [0.717, 1.165) is 33.6 Å². The van der Waals surface area contributed by atoms with Gasteiger partial charge in [0.1, 0.15) is 11.5 Å². The number of furan rings is 1. The molecule has 0 unspecified atom stereocenters. The van der Waals surface area contributed by atoms with E-state index in [4.69, 9.17) is 8.83 Å². The lowest BCUT2D eigenvalue weighted by atomic mass is 10.2. The maximum absolute atomic E-state index is 5.75. The predicted molar refractivity (Wildman–Crippen MR) is 91.3 cm³/mol. The number of nitrogens with zero attached hydrogens (tertiary/aromatic N) is 6. The van der Waals surface area contributed by atoms with E-state index < -0.39 is 0 Å². The van der Waals surface area contributed by atoms with Crippen LogP contribution in [0.3, 0.4) is 0 Å². The minimum atomic E-state index is 0.463. The number of fused-ring (bicyclic) bond motifs is 1. The first kappa shape index (κ1) is 15.8. The lowest BCUT2D eigenvalue weighted by Crippen LogP contribution is -1.97. The Morgan fingerprint density at radius 1 is 1.00 bits per heavy atom. The zero-order chi connectivity index (χ0) is 17.6. The fourth-order valence-electron chi connectivity index (χ4n) is 2.68. The maximum Gasteiger partial charge on any atom is 0.256 e. The van der Waals surface area contributed by atoms with Gasteiger partial charge in [0.25, 0.3) is 11.7 Å². The maximum atomic E-state index is 5.75. The minimum Gasteiger partial charge on any atom is -0.466 e. The molecule has 0 amide bonds. The predicted octanol–water partition coefficient (Wildman–Crippen LogP) is 3.29. The minimum absolute atomic E-state index is 0.463. The third-order valence-corrected chi connectivity index (χ3v) is 4.64. The van der Waals surface area contributed by atoms with Gasteiger partial charge in [0, 0.05) is 11.4 Å². The number of rotatable bonds is 4. The highest BCUT2D eigenvalue weighted by atomic mass is 32.2. The van der Waals surface area contributed by atoms with Crippen LogP contribution in [-0.2, 0) is 5.75 Å². The van der Waals surface area contributed by atoms with Gasteiger partial charge in [-0.05, 0) is 39.8 Å². The molecule has 0 radical (unpaired) electrons. The third kappa shape index (κ3) is 2.91. The molecule has 4 aromatic heterocycles. The summed E-state index contributed by atoms with van der Waals surface area (Å²) in [7, 11) is 0. The van der Waals surface area contributed by atoms with Crippen LogP contribution in [0.1, 0.15) is 28.8 Å². The lowest BCUT2D eigenvalue weighted by molar-refractivity contribution is 0.499. The largest absolute Gasteiger partial charge is 0.466 e. The molecule has 9 heteroatoms. The van der Waals surface area contributed by atoms with Gasteiger partial charge in [0.05, 0.1) is 11.3 Å². The Morgan fingerprint density at radius 2 is 1.84 bits per heavy atom. The quantitative estimate of drug-likeness (QED) is 0.514. The monoisotopic (exact) mass is 356 g/mol. The summed E-state index contributed by atoms with van der Waals surface area (Å²) < 4.78 is 13.2. The lowest BCUT2D eigenvalue weighted by Gasteiger charge is -2.02. The van der Waals surface area contributed by atoms with Crippen molar-refractivity contribution in [2.75, 3.05) is 0 Å². The number of hydrogen-bond acceptors (Lipinski definition) is 8. The second-order valence-electron chi connectivity index (χ2n) is 5.77. The Labute approximate surface area is 147 Å². The molecule has 4 rings (SSSR count). The molecular formula is C16H16N6O2S. The van der Waals surface area contributed by atoms with Crippen molar-refractivity contribution in [3.05, 3.63) is 40.9 Å². The summed E-state index contributed by atoms with van der Waals surface area (Å²) in [4.78, 5) is 4.38. The molecule has 0 aromatic carbocycles. The SMILES string of the molecule is Cc1cc(C)n2c(SCc3nnc(-c4cc(C)oc4C)o3)nnc2n1. The molecule has 8 nitrogen and oxygen atoms in total.